The summed E-state index contributed by atoms with van der Waals surface area (Å²) in [4.78, 5) is 11.7. The molecule has 84 valence electrons. The van der Waals surface area contributed by atoms with Gasteiger partial charge in [0.15, 0.2) is 5.78 Å². The third kappa shape index (κ3) is 0.831. The number of Topliss-reactive ketones (excluding diaryl/α,β-unsaturated/α-hetero) is 1. The lowest BCUT2D eigenvalue weighted by atomic mass is 9.51. The van der Waals surface area contributed by atoms with E-state index in [1.165, 1.54) is 5.57 Å². The van der Waals surface area contributed by atoms with E-state index in [9.17, 15) is 9.90 Å². The Balaban J connectivity index is 1.78. The predicted octanol–water partition coefficient (Wildman–Crippen LogP) is 1.99. The van der Waals surface area contributed by atoms with Crippen LogP contribution in [0, 0.1) is 17.8 Å². The lowest BCUT2D eigenvalue weighted by molar-refractivity contribution is -0.148. The second-order valence-electron chi connectivity index (χ2n) is 5.76. The number of allylic oxidation sites excluding steroid dienone is 3. The molecule has 16 heavy (non-hydrogen) atoms. The average Bonchev–Trinajstić information content (AvgIpc) is 2.79. The summed E-state index contributed by atoms with van der Waals surface area (Å²) in [6.07, 6.45) is 9.00. The van der Waals surface area contributed by atoms with Crippen LogP contribution in [-0.2, 0) is 4.79 Å². The standard InChI is InChI=1S/C14H16O2/c15-12-6-4-9-8(12)3-5-11-13(9)10-2-1-7-14(10,11)16/h3,5,10-11,13,16H,1-2,4,6-7H2/t10-,11-,13-,14+/m0/s1. The molecule has 1 N–H and O–H groups in total. The zero-order valence-electron chi connectivity index (χ0n) is 9.28. The number of ketones is 1. The first kappa shape index (κ1) is 9.17. The Labute approximate surface area is 95.0 Å². The molecule has 0 bridgehead atoms. The number of hydrogen-bond acceptors (Lipinski definition) is 2. The van der Waals surface area contributed by atoms with E-state index in [0.717, 1.165) is 31.3 Å². The second kappa shape index (κ2) is 2.67. The van der Waals surface area contributed by atoms with Crippen LogP contribution in [0.2, 0.25) is 0 Å². The Morgan fingerprint density at radius 2 is 2.25 bits per heavy atom. The van der Waals surface area contributed by atoms with Gasteiger partial charge in [0.25, 0.3) is 0 Å². The lowest BCUT2D eigenvalue weighted by Crippen LogP contribution is -2.60. The van der Waals surface area contributed by atoms with Gasteiger partial charge in [-0.1, -0.05) is 24.1 Å². The van der Waals surface area contributed by atoms with E-state index in [1.807, 2.05) is 6.08 Å². The summed E-state index contributed by atoms with van der Waals surface area (Å²) >= 11 is 0. The molecule has 0 unspecified atom stereocenters. The fourth-order valence-corrected chi connectivity index (χ4v) is 4.58. The molecule has 2 heteroatoms. The number of hydrogen-bond donors (Lipinski definition) is 1. The van der Waals surface area contributed by atoms with Crippen molar-refractivity contribution in [1.82, 2.24) is 0 Å². The van der Waals surface area contributed by atoms with E-state index >= 15 is 0 Å². The lowest BCUT2D eigenvalue weighted by Gasteiger charge is -2.56. The topological polar surface area (TPSA) is 37.3 Å². The zero-order valence-corrected chi connectivity index (χ0v) is 9.28. The molecule has 2 nitrogen and oxygen atoms in total. The van der Waals surface area contributed by atoms with Crippen LogP contribution in [0.1, 0.15) is 32.1 Å². The van der Waals surface area contributed by atoms with Gasteiger partial charge in [0.2, 0.25) is 0 Å². The SMILES string of the molecule is O=C1CCC2=C1C=C[C@H]1[C@@H]2[C@@H]2CCC[C@]12O. The molecule has 0 aromatic rings. The first-order chi connectivity index (χ1) is 7.72. The van der Waals surface area contributed by atoms with Crippen LogP contribution >= 0.6 is 0 Å². The molecule has 0 amide bonds. The number of fused-ring (bicyclic) bond motifs is 5. The minimum Gasteiger partial charge on any atom is -0.389 e. The highest BCUT2D eigenvalue weighted by molar-refractivity contribution is 6.01. The van der Waals surface area contributed by atoms with E-state index in [0.29, 0.717) is 30.0 Å². The van der Waals surface area contributed by atoms with E-state index in [4.69, 9.17) is 0 Å². The Bertz CT molecular complexity index is 446. The first-order valence-corrected chi connectivity index (χ1v) is 6.38. The highest BCUT2D eigenvalue weighted by atomic mass is 16.3. The van der Waals surface area contributed by atoms with Gasteiger partial charge in [0.05, 0.1) is 5.60 Å². The minimum absolute atomic E-state index is 0.310. The highest BCUT2D eigenvalue weighted by Crippen LogP contribution is 2.64. The van der Waals surface area contributed by atoms with Crippen molar-refractivity contribution in [2.75, 3.05) is 0 Å². The minimum atomic E-state index is -0.425. The molecule has 4 rings (SSSR count). The first-order valence-electron chi connectivity index (χ1n) is 6.38. The Morgan fingerprint density at radius 3 is 3.12 bits per heavy atom. The maximum absolute atomic E-state index is 11.7. The van der Waals surface area contributed by atoms with Crippen molar-refractivity contribution >= 4 is 5.78 Å². The fraction of sp³-hybridized carbons (Fsp3) is 0.643. The van der Waals surface area contributed by atoms with Crippen molar-refractivity contribution < 1.29 is 9.90 Å². The van der Waals surface area contributed by atoms with Crippen molar-refractivity contribution in [3.63, 3.8) is 0 Å². The molecule has 2 saturated carbocycles. The van der Waals surface area contributed by atoms with Crippen molar-refractivity contribution in [3.8, 4) is 0 Å². The van der Waals surface area contributed by atoms with Crippen LogP contribution in [0.5, 0.6) is 0 Å². The molecule has 4 aliphatic carbocycles. The van der Waals surface area contributed by atoms with Gasteiger partial charge in [-0.05, 0) is 31.1 Å². The van der Waals surface area contributed by atoms with Crippen molar-refractivity contribution in [1.29, 1.82) is 0 Å². The monoisotopic (exact) mass is 216 g/mol. The van der Waals surface area contributed by atoms with Crippen molar-refractivity contribution in [2.45, 2.75) is 37.7 Å². The highest BCUT2D eigenvalue weighted by Gasteiger charge is 2.64. The summed E-state index contributed by atoms with van der Waals surface area (Å²) < 4.78 is 0. The molecule has 0 heterocycles. The summed E-state index contributed by atoms with van der Waals surface area (Å²) in [5.74, 6) is 1.57. The van der Waals surface area contributed by atoms with Gasteiger partial charge in [-0.2, -0.15) is 0 Å². The van der Waals surface area contributed by atoms with Gasteiger partial charge >= 0.3 is 0 Å². The molecule has 0 radical (unpaired) electrons. The molecule has 2 fully saturated rings. The molecule has 4 atom stereocenters. The van der Waals surface area contributed by atoms with Gasteiger partial charge in [0, 0.05) is 17.9 Å². The van der Waals surface area contributed by atoms with Gasteiger partial charge in [-0.15, -0.1) is 0 Å². The number of aliphatic hydroxyl groups is 1. The summed E-state index contributed by atoms with van der Waals surface area (Å²) in [5, 5.41) is 10.6. The molecular weight excluding hydrogens is 200 g/mol. The van der Waals surface area contributed by atoms with E-state index < -0.39 is 5.60 Å². The molecule has 0 aromatic carbocycles. The maximum Gasteiger partial charge on any atom is 0.163 e. The number of carbonyl (C=O) groups is 1. The van der Waals surface area contributed by atoms with Gasteiger partial charge in [0.1, 0.15) is 0 Å². The molecule has 0 saturated heterocycles. The summed E-state index contributed by atoms with van der Waals surface area (Å²) in [6, 6.07) is 0. The number of rotatable bonds is 0. The molecule has 0 aromatic heterocycles. The van der Waals surface area contributed by atoms with Crippen molar-refractivity contribution in [2.24, 2.45) is 17.8 Å². The largest absolute Gasteiger partial charge is 0.389 e. The smallest absolute Gasteiger partial charge is 0.163 e. The molecule has 4 aliphatic rings. The summed E-state index contributed by atoms with van der Waals surface area (Å²) in [5.41, 5.74) is 1.93. The Kier molecular flexibility index (Phi) is 1.53. The van der Waals surface area contributed by atoms with Crippen LogP contribution < -0.4 is 0 Å². The summed E-state index contributed by atoms with van der Waals surface area (Å²) in [6.45, 7) is 0. The third-order valence-electron chi connectivity index (χ3n) is 5.27. The van der Waals surface area contributed by atoms with E-state index in [1.54, 1.807) is 0 Å². The zero-order chi connectivity index (χ0) is 10.9. The van der Waals surface area contributed by atoms with E-state index in [-0.39, 0.29) is 0 Å². The van der Waals surface area contributed by atoms with Crippen LogP contribution in [0.15, 0.2) is 23.3 Å². The Hall–Kier alpha value is -0.890. The van der Waals surface area contributed by atoms with Gasteiger partial charge < -0.3 is 5.11 Å². The average molecular weight is 216 g/mol. The number of carbonyl (C=O) groups excluding carboxylic acids is 1. The van der Waals surface area contributed by atoms with Crippen LogP contribution in [-0.4, -0.2) is 16.5 Å². The van der Waals surface area contributed by atoms with Gasteiger partial charge in [-0.3, -0.25) is 4.79 Å². The molecule has 0 spiro atoms. The normalized spacial score (nSPS) is 48.8. The predicted molar refractivity (Wildman–Crippen MR) is 59.7 cm³/mol. The summed E-state index contributed by atoms with van der Waals surface area (Å²) in [7, 11) is 0. The molecule has 0 aliphatic heterocycles. The van der Waals surface area contributed by atoms with Crippen LogP contribution in [0.25, 0.3) is 0 Å². The second-order valence-corrected chi connectivity index (χ2v) is 5.76. The van der Waals surface area contributed by atoms with Crippen LogP contribution in [0.4, 0.5) is 0 Å². The van der Waals surface area contributed by atoms with Crippen LogP contribution in [0.3, 0.4) is 0 Å². The third-order valence-corrected chi connectivity index (χ3v) is 5.27. The molecular formula is C14H16O2. The fourth-order valence-electron chi connectivity index (χ4n) is 4.58. The van der Waals surface area contributed by atoms with Gasteiger partial charge in [-0.25, -0.2) is 0 Å². The quantitative estimate of drug-likeness (QED) is 0.672. The Morgan fingerprint density at radius 1 is 1.38 bits per heavy atom. The van der Waals surface area contributed by atoms with Crippen molar-refractivity contribution in [3.05, 3.63) is 23.3 Å². The maximum atomic E-state index is 11.7. The van der Waals surface area contributed by atoms with E-state index in [2.05, 4.69) is 6.08 Å².